The van der Waals surface area contributed by atoms with Crippen LogP contribution in [-0.2, 0) is 4.79 Å². The minimum Gasteiger partial charge on any atom is -0.310 e. The van der Waals surface area contributed by atoms with Crippen LogP contribution in [0.4, 0.5) is 5.82 Å². The summed E-state index contributed by atoms with van der Waals surface area (Å²) in [7, 11) is 0. The van der Waals surface area contributed by atoms with Gasteiger partial charge in [0, 0.05) is 10.5 Å². The van der Waals surface area contributed by atoms with E-state index in [4.69, 9.17) is 0 Å². The third-order valence-corrected chi connectivity index (χ3v) is 5.35. The zero-order valence-electron chi connectivity index (χ0n) is 12.2. The minimum absolute atomic E-state index is 0.0606. The van der Waals surface area contributed by atoms with Crippen LogP contribution in [0, 0.1) is 0 Å². The van der Waals surface area contributed by atoms with E-state index in [1.807, 2.05) is 38.1 Å². The Bertz CT molecular complexity index is 764. The maximum Gasteiger partial charge on any atom is 0.270 e. The summed E-state index contributed by atoms with van der Waals surface area (Å²) in [6.07, 6.45) is 0. The van der Waals surface area contributed by atoms with E-state index in [1.165, 1.54) is 11.8 Å². The second kappa shape index (κ2) is 5.96. The first-order valence-corrected chi connectivity index (χ1v) is 8.83. The van der Waals surface area contributed by atoms with Crippen LogP contribution in [0.25, 0.3) is 0 Å². The van der Waals surface area contributed by atoms with Gasteiger partial charge in [-0.05, 0) is 31.5 Å². The third kappa shape index (κ3) is 2.75. The van der Waals surface area contributed by atoms with Gasteiger partial charge in [0.2, 0.25) is 5.91 Å². The van der Waals surface area contributed by atoms with Crippen molar-refractivity contribution in [3.05, 3.63) is 50.2 Å². The highest BCUT2D eigenvalue weighted by molar-refractivity contribution is 9.10. The van der Waals surface area contributed by atoms with Crippen LogP contribution in [0.5, 0.6) is 0 Å². The molecule has 2 aromatic rings. The zero-order chi connectivity index (χ0) is 15.9. The largest absolute Gasteiger partial charge is 0.310 e. The quantitative estimate of drug-likeness (QED) is 0.838. The number of thioether (sulfide) groups is 1. The Kier molecular flexibility index (Phi) is 4.18. The third-order valence-electron chi connectivity index (χ3n) is 3.55. The molecule has 0 unspecified atom stereocenters. The molecule has 116 valence electrons. The lowest BCUT2D eigenvalue weighted by molar-refractivity contribution is -0.113. The van der Waals surface area contributed by atoms with Gasteiger partial charge in [-0.25, -0.2) is 0 Å². The summed E-state index contributed by atoms with van der Waals surface area (Å²) in [6, 6.07) is 7.92. The summed E-state index contributed by atoms with van der Waals surface area (Å²) in [6.45, 7) is 3.93. The SMILES string of the molecule is CC(C)n1[nH]c(=O)c2c1NC(=O)CS[C@H]2c1ccc(Br)cc1. The van der Waals surface area contributed by atoms with Crippen molar-refractivity contribution in [1.82, 2.24) is 9.78 Å². The Morgan fingerprint density at radius 2 is 1.95 bits per heavy atom. The second-order valence-electron chi connectivity index (χ2n) is 5.46. The summed E-state index contributed by atoms with van der Waals surface area (Å²) in [4.78, 5) is 24.4. The van der Waals surface area contributed by atoms with Gasteiger partial charge in [0.05, 0.1) is 16.6 Å². The topological polar surface area (TPSA) is 66.9 Å². The van der Waals surface area contributed by atoms with Crippen LogP contribution in [0.1, 0.15) is 36.3 Å². The highest BCUT2D eigenvalue weighted by atomic mass is 79.9. The average Bonchev–Trinajstić information content (AvgIpc) is 2.68. The van der Waals surface area contributed by atoms with E-state index in [1.54, 1.807) is 4.68 Å². The number of nitrogens with one attached hydrogen (secondary N) is 2. The van der Waals surface area contributed by atoms with E-state index in [-0.39, 0.29) is 22.8 Å². The number of fused-ring (bicyclic) bond motifs is 1. The van der Waals surface area contributed by atoms with Gasteiger partial charge in [0.15, 0.2) is 0 Å². The summed E-state index contributed by atoms with van der Waals surface area (Å²) in [5, 5.41) is 5.54. The number of benzene rings is 1. The molecule has 2 N–H and O–H groups in total. The van der Waals surface area contributed by atoms with E-state index in [9.17, 15) is 9.59 Å². The number of carbonyl (C=O) groups is 1. The molecule has 22 heavy (non-hydrogen) atoms. The van der Waals surface area contributed by atoms with Crippen LogP contribution in [0.3, 0.4) is 0 Å². The molecule has 1 aromatic heterocycles. The van der Waals surface area contributed by atoms with Crippen molar-refractivity contribution in [3.63, 3.8) is 0 Å². The number of carbonyl (C=O) groups excluding carboxylic acids is 1. The molecule has 1 aliphatic heterocycles. The number of H-pyrrole nitrogens is 1. The lowest BCUT2D eigenvalue weighted by Crippen LogP contribution is -2.17. The van der Waals surface area contributed by atoms with Crippen LogP contribution in [0.2, 0.25) is 0 Å². The summed E-state index contributed by atoms with van der Waals surface area (Å²) in [5.41, 5.74) is 1.48. The molecule has 0 saturated carbocycles. The van der Waals surface area contributed by atoms with Gasteiger partial charge < -0.3 is 5.32 Å². The van der Waals surface area contributed by atoms with Crippen LogP contribution in [0.15, 0.2) is 33.5 Å². The first kappa shape index (κ1) is 15.4. The highest BCUT2D eigenvalue weighted by Crippen LogP contribution is 2.40. The van der Waals surface area contributed by atoms with Gasteiger partial charge in [0.1, 0.15) is 5.82 Å². The molecular formula is C15H16BrN3O2S. The van der Waals surface area contributed by atoms with Crippen molar-refractivity contribution >= 4 is 39.4 Å². The van der Waals surface area contributed by atoms with E-state index in [0.717, 1.165) is 10.0 Å². The predicted octanol–water partition coefficient (Wildman–Crippen LogP) is 3.29. The zero-order valence-corrected chi connectivity index (χ0v) is 14.6. The predicted molar refractivity (Wildman–Crippen MR) is 92.5 cm³/mol. The Morgan fingerprint density at radius 3 is 2.59 bits per heavy atom. The Morgan fingerprint density at radius 1 is 1.27 bits per heavy atom. The lowest BCUT2D eigenvalue weighted by Gasteiger charge is -2.15. The van der Waals surface area contributed by atoms with Crippen LogP contribution >= 0.6 is 27.7 Å². The van der Waals surface area contributed by atoms with E-state index in [0.29, 0.717) is 17.1 Å². The maximum atomic E-state index is 12.4. The molecule has 1 amide bonds. The smallest absolute Gasteiger partial charge is 0.270 e. The maximum absolute atomic E-state index is 12.4. The number of nitrogens with zero attached hydrogens (tertiary/aromatic N) is 1. The molecule has 3 rings (SSSR count). The first-order chi connectivity index (χ1) is 10.5. The molecule has 5 nitrogen and oxygen atoms in total. The summed E-state index contributed by atoms with van der Waals surface area (Å²) >= 11 is 4.89. The minimum atomic E-state index is -0.161. The van der Waals surface area contributed by atoms with Gasteiger partial charge in [-0.1, -0.05) is 28.1 Å². The Hall–Kier alpha value is -1.47. The van der Waals surface area contributed by atoms with Crippen molar-refractivity contribution in [2.45, 2.75) is 25.1 Å². The van der Waals surface area contributed by atoms with Crippen molar-refractivity contribution in [2.75, 3.05) is 11.1 Å². The molecule has 0 spiro atoms. The standard InChI is InChI=1S/C15H16BrN3O2S/c1-8(2)19-14-12(15(21)18-19)13(22-7-11(20)17-14)9-3-5-10(16)6-4-9/h3-6,8,13H,7H2,1-2H3,(H,17,20)(H,18,21)/t13-/m0/s1. The number of aromatic nitrogens is 2. The lowest BCUT2D eigenvalue weighted by atomic mass is 10.1. The molecule has 0 radical (unpaired) electrons. The van der Waals surface area contributed by atoms with Crippen LogP contribution < -0.4 is 10.9 Å². The molecule has 0 saturated heterocycles. The molecular weight excluding hydrogens is 366 g/mol. The normalized spacial score (nSPS) is 18.0. The number of halogens is 1. The van der Waals surface area contributed by atoms with E-state index in [2.05, 4.69) is 26.3 Å². The molecule has 2 heterocycles. The van der Waals surface area contributed by atoms with Gasteiger partial charge in [-0.2, -0.15) is 0 Å². The van der Waals surface area contributed by atoms with Gasteiger partial charge in [-0.3, -0.25) is 19.4 Å². The monoisotopic (exact) mass is 381 g/mol. The number of amides is 1. The fourth-order valence-corrected chi connectivity index (χ4v) is 3.92. The molecule has 0 bridgehead atoms. The number of hydrogen-bond acceptors (Lipinski definition) is 3. The molecule has 0 fully saturated rings. The van der Waals surface area contributed by atoms with Crippen molar-refractivity contribution in [1.29, 1.82) is 0 Å². The summed E-state index contributed by atoms with van der Waals surface area (Å²) < 4.78 is 2.71. The van der Waals surface area contributed by atoms with Crippen molar-refractivity contribution in [2.24, 2.45) is 0 Å². The van der Waals surface area contributed by atoms with Gasteiger partial charge in [0.25, 0.3) is 5.56 Å². The molecule has 1 aromatic carbocycles. The fourth-order valence-electron chi connectivity index (χ4n) is 2.53. The second-order valence-corrected chi connectivity index (χ2v) is 7.47. The first-order valence-electron chi connectivity index (χ1n) is 6.98. The number of anilines is 1. The van der Waals surface area contributed by atoms with Gasteiger partial charge in [-0.15, -0.1) is 11.8 Å². The molecule has 7 heteroatoms. The Labute approximate surface area is 140 Å². The number of aromatic amines is 1. The van der Waals surface area contributed by atoms with E-state index < -0.39 is 0 Å². The van der Waals surface area contributed by atoms with Gasteiger partial charge >= 0.3 is 0 Å². The highest BCUT2D eigenvalue weighted by Gasteiger charge is 2.30. The van der Waals surface area contributed by atoms with Crippen LogP contribution in [-0.4, -0.2) is 21.4 Å². The van der Waals surface area contributed by atoms with Crippen molar-refractivity contribution in [3.8, 4) is 0 Å². The summed E-state index contributed by atoms with van der Waals surface area (Å²) in [5.74, 6) is 0.828. The number of rotatable bonds is 2. The molecule has 1 atom stereocenters. The number of hydrogen-bond donors (Lipinski definition) is 2. The Balaban J connectivity index is 2.17. The van der Waals surface area contributed by atoms with E-state index >= 15 is 0 Å². The molecule has 0 aliphatic carbocycles. The average molecular weight is 382 g/mol. The van der Waals surface area contributed by atoms with Crippen molar-refractivity contribution < 1.29 is 4.79 Å². The fraction of sp³-hybridized carbons (Fsp3) is 0.333. The molecule has 1 aliphatic rings.